The fraction of sp³-hybridized carbons (Fsp3) is 0.263. The lowest BCUT2D eigenvalue weighted by molar-refractivity contribution is -0.384. The van der Waals surface area contributed by atoms with Gasteiger partial charge in [-0.05, 0) is 31.2 Å². The molecule has 12 heteroatoms. The molecule has 0 spiro atoms. The number of esters is 1. The van der Waals surface area contributed by atoms with Crippen LogP contribution in [0, 0.1) is 10.1 Å². The number of rotatable bonds is 6. The summed E-state index contributed by atoms with van der Waals surface area (Å²) in [6.45, 7) is 0.706. The highest BCUT2D eigenvalue weighted by Gasteiger charge is 2.44. The first-order valence-corrected chi connectivity index (χ1v) is 10.8. The van der Waals surface area contributed by atoms with Crippen molar-refractivity contribution in [3.63, 3.8) is 0 Å². The zero-order valence-corrected chi connectivity index (χ0v) is 17.3. The molecule has 1 aliphatic heterocycles. The quantitative estimate of drug-likeness (QED) is 0.327. The van der Waals surface area contributed by atoms with Crippen molar-refractivity contribution in [1.82, 2.24) is 14.3 Å². The van der Waals surface area contributed by atoms with E-state index < -0.39 is 26.5 Å². The molecule has 1 fully saturated rings. The highest BCUT2D eigenvalue weighted by molar-refractivity contribution is 7.90. The maximum atomic E-state index is 13.1. The number of nitrogens with zero attached hydrogens (tertiary/aromatic N) is 3. The van der Waals surface area contributed by atoms with Gasteiger partial charge in [0.1, 0.15) is 17.4 Å². The van der Waals surface area contributed by atoms with Crippen LogP contribution in [0.3, 0.4) is 0 Å². The SMILES string of the molecule is COC(=O)C1(Nc2c([N+](=O)[O-])cnc3c2ccn3S(=O)(=O)c2ccccc2)CCNC1. The van der Waals surface area contributed by atoms with E-state index >= 15 is 0 Å². The minimum atomic E-state index is -3.98. The normalized spacial score (nSPS) is 18.7. The zero-order chi connectivity index (χ0) is 22.2. The maximum absolute atomic E-state index is 13.1. The second-order valence-corrected chi connectivity index (χ2v) is 8.88. The van der Waals surface area contributed by atoms with Crippen LogP contribution in [-0.2, 0) is 19.6 Å². The van der Waals surface area contributed by atoms with Crippen molar-refractivity contribution < 1.29 is 22.9 Å². The summed E-state index contributed by atoms with van der Waals surface area (Å²) < 4.78 is 32.0. The summed E-state index contributed by atoms with van der Waals surface area (Å²) in [6.07, 6.45) is 2.60. The number of anilines is 1. The van der Waals surface area contributed by atoms with Gasteiger partial charge in [-0.1, -0.05) is 18.2 Å². The first-order valence-electron chi connectivity index (χ1n) is 9.32. The highest BCUT2D eigenvalue weighted by atomic mass is 32.2. The molecule has 1 aromatic carbocycles. The van der Waals surface area contributed by atoms with Crippen LogP contribution in [0.2, 0.25) is 0 Å². The van der Waals surface area contributed by atoms with E-state index in [1.807, 2.05) is 0 Å². The second-order valence-electron chi connectivity index (χ2n) is 7.07. The molecular formula is C19H19N5O6S. The van der Waals surface area contributed by atoms with Gasteiger partial charge in [0.05, 0.1) is 22.3 Å². The van der Waals surface area contributed by atoms with E-state index in [0.717, 1.165) is 10.2 Å². The molecule has 162 valence electrons. The van der Waals surface area contributed by atoms with Crippen LogP contribution >= 0.6 is 0 Å². The summed E-state index contributed by atoms with van der Waals surface area (Å²) in [4.78, 5) is 27.6. The van der Waals surface area contributed by atoms with Gasteiger partial charge in [0.15, 0.2) is 5.65 Å². The van der Waals surface area contributed by atoms with Crippen LogP contribution < -0.4 is 10.6 Å². The van der Waals surface area contributed by atoms with Crippen molar-refractivity contribution in [3.05, 3.63) is 58.9 Å². The summed E-state index contributed by atoms with van der Waals surface area (Å²) in [7, 11) is -2.74. The topological polar surface area (TPSA) is 145 Å². The Kier molecular flexibility index (Phi) is 5.11. The first-order chi connectivity index (χ1) is 14.8. The van der Waals surface area contributed by atoms with E-state index in [0.29, 0.717) is 13.0 Å². The second kappa shape index (κ2) is 7.63. The molecule has 31 heavy (non-hydrogen) atoms. The number of carbonyl (C=O) groups is 1. The van der Waals surface area contributed by atoms with Crippen LogP contribution in [0.5, 0.6) is 0 Å². The Morgan fingerprint density at radius 2 is 2.06 bits per heavy atom. The van der Waals surface area contributed by atoms with Gasteiger partial charge in [0.2, 0.25) is 0 Å². The van der Waals surface area contributed by atoms with Gasteiger partial charge < -0.3 is 15.4 Å². The van der Waals surface area contributed by atoms with Gasteiger partial charge in [0, 0.05) is 12.7 Å². The number of carbonyl (C=O) groups excluding carboxylic acids is 1. The Bertz CT molecular complexity index is 1270. The van der Waals surface area contributed by atoms with Crippen molar-refractivity contribution in [2.24, 2.45) is 0 Å². The molecular weight excluding hydrogens is 426 g/mol. The molecule has 1 saturated heterocycles. The third-order valence-corrected chi connectivity index (χ3v) is 6.93. The van der Waals surface area contributed by atoms with Crippen LogP contribution in [0.4, 0.5) is 11.4 Å². The largest absolute Gasteiger partial charge is 0.467 e. The van der Waals surface area contributed by atoms with Crippen LogP contribution in [0.1, 0.15) is 6.42 Å². The summed E-state index contributed by atoms with van der Waals surface area (Å²) in [6, 6.07) is 9.20. The molecule has 3 aromatic rings. The maximum Gasteiger partial charge on any atom is 0.332 e. The Hall–Kier alpha value is -3.51. The summed E-state index contributed by atoms with van der Waals surface area (Å²) in [5, 5.41) is 17.9. The van der Waals surface area contributed by atoms with Gasteiger partial charge in [-0.2, -0.15) is 0 Å². The fourth-order valence-electron chi connectivity index (χ4n) is 3.68. The third kappa shape index (κ3) is 3.39. The molecule has 3 heterocycles. The summed E-state index contributed by atoms with van der Waals surface area (Å²) in [5.74, 6) is -0.576. The number of fused-ring (bicyclic) bond motifs is 1. The number of ether oxygens (including phenoxy) is 1. The highest BCUT2D eigenvalue weighted by Crippen LogP contribution is 2.37. The minimum Gasteiger partial charge on any atom is -0.467 e. The van der Waals surface area contributed by atoms with E-state index in [4.69, 9.17) is 4.74 Å². The van der Waals surface area contributed by atoms with Gasteiger partial charge in [0.25, 0.3) is 10.0 Å². The predicted molar refractivity (Wildman–Crippen MR) is 111 cm³/mol. The van der Waals surface area contributed by atoms with Crippen LogP contribution in [0.15, 0.2) is 53.7 Å². The Labute approximate surface area is 177 Å². The standard InChI is InChI=1S/C19H19N5O6S/c1-30-18(25)19(8-9-20-12-19)22-16-14-7-10-23(17(14)21-11-15(16)24(26)27)31(28,29)13-5-3-2-4-6-13/h2-7,10-11,20H,8-9,12H2,1H3,(H,21,22). The number of hydrogen-bond donors (Lipinski definition) is 2. The average Bonchev–Trinajstić information content (AvgIpc) is 3.42. The molecule has 0 saturated carbocycles. The number of aromatic nitrogens is 2. The number of nitrogens with one attached hydrogen (secondary N) is 2. The van der Waals surface area contributed by atoms with E-state index in [1.165, 1.54) is 31.5 Å². The summed E-state index contributed by atoms with van der Waals surface area (Å²) in [5.41, 5.74) is -1.60. The van der Waals surface area contributed by atoms with Crippen molar-refractivity contribution in [2.75, 3.05) is 25.5 Å². The molecule has 1 unspecified atom stereocenters. The van der Waals surface area contributed by atoms with Crippen molar-refractivity contribution in [1.29, 1.82) is 0 Å². The molecule has 1 atom stereocenters. The molecule has 0 aliphatic carbocycles. The third-order valence-electron chi connectivity index (χ3n) is 5.25. The lowest BCUT2D eigenvalue weighted by atomic mass is 9.97. The van der Waals surface area contributed by atoms with Crippen molar-refractivity contribution in [3.8, 4) is 0 Å². The van der Waals surface area contributed by atoms with E-state index in [-0.39, 0.29) is 33.8 Å². The molecule has 0 bridgehead atoms. The lowest BCUT2D eigenvalue weighted by Gasteiger charge is -2.27. The molecule has 0 amide bonds. The molecule has 2 aromatic heterocycles. The Balaban J connectivity index is 1.90. The van der Waals surface area contributed by atoms with Crippen LogP contribution in [-0.4, -0.2) is 54.0 Å². The monoisotopic (exact) mass is 445 g/mol. The molecule has 0 radical (unpaired) electrons. The average molecular weight is 445 g/mol. The predicted octanol–water partition coefficient (Wildman–Crippen LogP) is 1.50. The number of hydrogen-bond acceptors (Lipinski definition) is 9. The van der Waals surface area contributed by atoms with E-state index in [2.05, 4.69) is 15.6 Å². The van der Waals surface area contributed by atoms with E-state index in [1.54, 1.807) is 18.2 Å². The van der Waals surface area contributed by atoms with Gasteiger partial charge in [-0.25, -0.2) is 22.2 Å². The first kappa shape index (κ1) is 20.8. The number of methoxy groups -OCH3 is 1. The summed E-state index contributed by atoms with van der Waals surface area (Å²) >= 11 is 0. The smallest absolute Gasteiger partial charge is 0.332 e. The minimum absolute atomic E-state index is 0.00271. The molecule has 1 aliphatic rings. The van der Waals surface area contributed by atoms with Gasteiger partial charge >= 0.3 is 11.7 Å². The van der Waals surface area contributed by atoms with Crippen molar-refractivity contribution in [2.45, 2.75) is 16.9 Å². The fourth-order valence-corrected chi connectivity index (χ4v) is 5.00. The van der Waals surface area contributed by atoms with Crippen LogP contribution in [0.25, 0.3) is 11.0 Å². The lowest BCUT2D eigenvalue weighted by Crippen LogP contribution is -2.49. The molecule has 11 nitrogen and oxygen atoms in total. The van der Waals surface area contributed by atoms with Crippen molar-refractivity contribution >= 4 is 38.4 Å². The number of nitro groups is 1. The Morgan fingerprint density at radius 3 is 2.68 bits per heavy atom. The molecule has 2 N–H and O–H groups in total. The Morgan fingerprint density at radius 1 is 1.32 bits per heavy atom. The molecule has 4 rings (SSSR count). The number of benzene rings is 1. The van der Waals surface area contributed by atoms with Gasteiger partial charge in [-0.3, -0.25) is 10.1 Å². The van der Waals surface area contributed by atoms with Gasteiger partial charge in [-0.15, -0.1) is 0 Å². The zero-order valence-electron chi connectivity index (χ0n) is 16.4. The van der Waals surface area contributed by atoms with E-state index in [9.17, 15) is 23.3 Å². The number of pyridine rings is 1.